The van der Waals surface area contributed by atoms with E-state index >= 15 is 8.78 Å². The highest BCUT2D eigenvalue weighted by atomic mass is 19.1. The van der Waals surface area contributed by atoms with E-state index in [0.717, 1.165) is 42.7 Å². The number of hydrogen-bond donors (Lipinski definition) is 2. The minimum Gasteiger partial charge on any atom is -0.380 e. The van der Waals surface area contributed by atoms with Crippen LogP contribution in [0.3, 0.4) is 0 Å². The second-order valence-electron chi connectivity index (χ2n) is 11.8. The molecule has 3 heterocycles. The molecule has 0 radical (unpaired) electrons. The first-order valence-electron chi connectivity index (χ1n) is 14.6. The van der Waals surface area contributed by atoms with Gasteiger partial charge in [-0.15, -0.1) is 0 Å². The fourth-order valence-corrected chi connectivity index (χ4v) is 6.16. The van der Waals surface area contributed by atoms with Crippen molar-refractivity contribution in [3.63, 3.8) is 0 Å². The fourth-order valence-electron chi connectivity index (χ4n) is 6.16. The van der Waals surface area contributed by atoms with Crippen molar-refractivity contribution in [3.8, 4) is 0 Å². The van der Waals surface area contributed by atoms with E-state index in [4.69, 9.17) is 4.74 Å². The Kier molecular flexibility index (Phi) is 7.78. The molecule has 1 saturated carbocycles. The highest BCUT2D eigenvalue weighted by Gasteiger charge is 2.48. The first-order chi connectivity index (χ1) is 20.7. The molecule has 2 fully saturated rings. The lowest BCUT2D eigenvalue weighted by atomic mass is 9.71. The highest BCUT2D eigenvalue weighted by Crippen LogP contribution is 2.49. The summed E-state index contributed by atoms with van der Waals surface area (Å²) in [6.07, 6.45) is 2.64. The molecule has 0 atom stereocenters. The van der Waals surface area contributed by atoms with Crippen LogP contribution >= 0.6 is 0 Å². The first-order valence-corrected chi connectivity index (χ1v) is 14.6. The summed E-state index contributed by atoms with van der Waals surface area (Å²) >= 11 is 0. The van der Waals surface area contributed by atoms with Crippen LogP contribution in [-0.4, -0.2) is 65.9 Å². The third-order valence-electron chi connectivity index (χ3n) is 8.90. The summed E-state index contributed by atoms with van der Waals surface area (Å²) in [6.45, 7) is 2.33. The van der Waals surface area contributed by atoms with Gasteiger partial charge in [-0.1, -0.05) is 12.1 Å². The van der Waals surface area contributed by atoms with E-state index in [1.807, 2.05) is 41.0 Å². The van der Waals surface area contributed by atoms with Gasteiger partial charge in [-0.05, 0) is 61.2 Å². The van der Waals surface area contributed by atoms with Crippen molar-refractivity contribution in [1.82, 2.24) is 19.7 Å². The zero-order valence-corrected chi connectivity index (χ0v) is 24.3. The van der Waals surface area contributed by atoms with Crippen LogP contribution < -0.4 is 10.6 Å². The normalized spacial score (nSPS) is 17.5. The zero-order chi connectivity index (χ0) is 30.3. The van der Waals surface area contributed by atoms with Gasteiger partial charge in [0, 0.05) is 62.8 Å². The molecule has 0 bridgehead atoms. The van der Waals surface area contributed by atoms with Crippen molar-refractivity contribution in [2.75, 3.05) is 39.2 Å². The van der Waals surface area contributed by atoms with Crippen LogP contribution in [0.25, 0.3) is 0 Å². The lowest BCUT2D eigenvalue weighted by Gasteiger charge is -2.53. The Morgan fingerprint density at radius 1 is 1.00 bits per heavy atom. The van der Waals surface area contributed by atoms with Gasteiger partial charge in [-0.25, -0.2) is 8.78 Å². The molecule has 9 nitrogen and oxygen atoms in total. The van der Waals surface area contributed by atoms with Gasteiger partial charge in [0.2, 0.25) is 5.91 Å². The number of hydrogen-bond acceptors (Lipinski definition) is 5. The van der Waals surface area contributed by atoms with Crippen molar-refractivity contribution in [2.45, 2.75) is 44.4 Å². The lowest BCUT2D eigenvalue weighted by Crippen LogP contribution is -2.56. The molecule has 3 aliphatic rings. The van der Waals surface area contributed by atoms with Gasteiger partial charge in [0.1, 0.15) is 17.3 Å². The van der Waals surface area contributed by atoms with Gasteiger partial charge in [0.25, 0.3) is 11.8 Å². The van der Waals surface area contributed by atoms with Gasteiger partial charge < -0.3 is 24.8 Å². The van der Waals surface area contributed by atoms with Crippen molar-refractivity contribution >= 4 is 23.4 Å². The third-order valence-corrected chi connectivity index (χ3v) is 8.90. The molecule has 1 aromatic heterocycles. The Morgan fingerprint density at radius 2 is 1.70 bits per heavy atom. The van der Waals surface area contributed by atoms with E-state index in [9.17, 15) is 14.4 Å². The van der Waals surface area contributed by atoms with Crippen LogP contribution in [0.2, 0.25) is 0 Å². The predicted molar refractivity (Wildman–Crippen MR) is 155 cm³/mol. The first kappa shape index (κ1) is 29.0. The second kappa shape index (κ2) is 11.5. The Hall–Kier alpha value is -4.09. The predicted octanol–water partition coefficient (Wildman–Crippen LogP) is 3.88. The number of amides is 3. The van der Waals surface area contributed by atoms with Crippen LogP contribution in [-0.2, 0) is 34.7 Å². The molecule has 226 valence electrons. The van der Waals surface area contributed by atoms with Crippen LogP contribution in [0, 0.1) is 17.6 Å². The molecule has 1 spiro atoms. The molecule has 3 amide bonds. The molecule has 1 aliphatic carbocycles. The van der Waals surface area contributed by atoms with Gasteiger partial charge in [-0.2, -0.15) is 0 Å². The quantitative estimate of drug-likeness (QED) is 0.415. The number of aromatic nitrogens is 1. The van der Waals surface area contributed by atoms with Crippen molar-refractivity contribution < 1.29 is 27.9 Å². The van der Waals surface area contributed by atoms with E-state index in [0.29, 0.717) is 44.2 Å². The van der Waals surface area contributed by atoms with Gasteiger partial charge >= 0.3 is 0 Å². The highest BCUT2D eigenvalue weighted by molar-refractivity contribution is 5.94. The number of fused-ring (bicyclic) bond motifs is 2. The van der Waals surface area contributed by atoms with Gasteiger partial charge in [-0.3, -0.25) is 19.3 Å². The number of nitrogens with zero attached hydrogens (tertiary/aromatic N) is 3. The van der Waals surface area contributed by atoms with E-state index in [1.165, 1.54) is 19.0 Å². The summed E-state index contributed by atoms with van der Waals surface area (Å²) in [6, 6.07) is 13.3. The average Bonchev–Trinajstić information content (AvgIpc) is 3.36. The van der Waals surface area contributed by atoms with Crippen LogP contribution in [0.15, 0.2) is 48.5 Å². The van der Waals surface area contributed by atoms with Crippen LogP contribution in [0.4, 0.5) is 14.5 Å². The molecule has 6 rings (SSSR count). The molecule has 2 aromatic carbocycles. The molecule has 43 heavy (non-hydrogen) atoms. The van der Waals surface area contributed by atoms with Crippen LogP contribution in [0.1, 0.15) is 56.9 Å². The Bertz CT molecular complexity index is 1540. The fraction of sp³-hybridized carbons (Fsp3) is 0.406. The summed E-state index contributed by atoms with van der Waals surface area (Å²) in [5.74, 6) is -2.28. The summed E-state index contributed by atoms with van der Waals surface area (Å²) < 4.78 is 37.3. The van der Waals surface area contributed by atoms with E-state index in [1.54, 1.807) is 0 Å². The Balaban J connectivity index is 1.13. The molecule has 3 aromatic rings. The number of halogens is 2. The molecule has 2 aliphatic heterocycles. The topological polar surface area (TPSA) is 95.9 Å². The molecule has 0 unspecified atom stereocenters. The summed E-state index contributed by atoms with van der Waals surface area (Å²) in [7, 11) is 3.08. The van der Waals surface area contributed by atoms with Gasteiger partial charge in [0.05, 0.1) is 24.7 Å². The Labute approximate surface area is 248 Å². The molecule has 11 heteroatoms. The smallest absolute Gasteiger partial charge is 0.268 e. The Morgan fingerprint density at radius 3 is 2.28 bits per heavy atom. The molecular weight excluding hydrogens is 556 g/mol. The summed E-state index contributed by atoms with van der Waals surface area (Å²) in [4.78, 5) is 41.0. The number of anilines is 1. The maximum atomic E-state index is 15.1. The maximum Gasteiger partial charge on any atom is 0.268 e. The number of carbonyl (C=O) groups excluding carboxylic acids is 3. The summed E-state index contributed by atoms with van der Waals surface area (Å²) in [5, 5.41) is 5.87. The van der Waals surface area contributed by atoms with Gasteiger partial charge in [0.15, 0.2) is 0 Å². The van der Waals surface area contributed by atoms with Crippen molar-refractivity contribution in [2.24, 2.45) is 5.92 Å². The largest absolute Gasteiger partial charge is 0.380 e. The van der Waals surface area contributed by atoms with E-state index in [2.05, 4.69) is 15.5 Å². The third kappa shape index (κ3) is 5.43. The number of benzene rings is 2. The monoisotopic (exact) mass is 591 g/mol. The standard InChI is InChI=1S/C32H35F2N5O4/c1-37(2)31(42)21-14-25(33)24(26(34)15-21)17-38-12-13-39-27(8-9-28(39)32(38)10-3-11-32)30(41)35-16-20-4-6-23(7-5-20)36-29(40)22-18-43-19-22/h4-9,14-15,22H,3,10-13,16-19H2,1-2H3,(H,35,41)(H,36,40). The minimum absolute atomic E-state index is 0.0209. The second-order valence-corrected chi connectivity index (χ2v) is 11.8. The van der Waals surface area contributed by atoms with E-state index < -0.39 is 23.1 Å². The molecular formula is C32H35F2N5O4. The van der Waals surface area contributed by atoms with Crippen molar-refractivity contribution in [1.29, 1.82) is 0 Å². The average molecular weight is 592 g/mol. The maximum absolute atomic E-state index is 15.1. The number of rotatable bonds is 8. The zero-order valence-electron chi connectivity index (χ0n) is 24.3. The number of carbonyl (C=O) groups is 3. The number of nitrogens with one attached hydrogen (secondary N) is 2. The van der Waals surface area contributed by atoms with Crippen molar-refractivity contribution in [3.05, 3.63) is 88.2 Å². The molecule has 1 saturated heterocycles. The minimum atomic E-state index is -0.732. The lowest BCUT2D eigenvalue weighted by molar-refractivity contribution is -0.133. The molecule has 2 N–H and O–H groups in total. The van der Waals surface area contributed by atoms with Crippen LogP contribution in [0.5, 0.6) is 0 Å². The summed E-state index contributed by atoms with van der Waals surface area (Å²) in [5.41, 5.74) is 2.64. The SMILES string of the molecule is CN(C)C(=O)c1cc(F)c(CN2CCn3c(C(=O)NCc4ccc(NC(=O)C5COC5)cc4)ccc3C23CCC3)c(F)c1. The number of ether oxygens (including phenoxy) is 1. The van der Waals surface area contributed by atoms with E-state index in [-0.39, 0.29) is 35.4 Å².